The minimum Gasteiger partial charge on any atom is -0.285 e. The quantitative estimate of drug-likeness (QED) is 0.0820. The Labute approximate surface area is 392 Å². The van der Waals surface area contributed by atoms with Crippen LogP contribution >= 0.6 is 0 Å². The monoisotopic (exact) mass is 858 g/mol. The largest absolute Gasteiger partial charge is 0.285 e. The Hall–Kier alpha value is -6.05. The molecule has 336 valence electrons. The molecule has 0 saturated heterocycles. The molecule has 0 aromatic heterocycles. The zero-order valence-corrected chi connectivity index (χ0v) is 41.6. The third kappa shape index (κ3) is 12.0. The van der Waals surface area contributed by atoms with E-state index in [-0.39, 0.29) is 0 Å². The Morgan fingerprint density at radius 1 is 0.615 bits per heavy atom. The highest BCUT2D eigenvalue weighted by molar-refractivity contribution is 6.33. The van der Waals surface area contributed by atoms with Crippen LogP contribution < -0.4 is 0 Å². The molecule has 0 amide bonds. The molecule has 1 atom stereocenters. The van der Waals surface area contributed by atoms with Crippen molar-refractivity contribution in [3.63, 3.8) is 0 Å². The Kier molecular flexibility index (Phi) is 19.1. The van der Waals surface area contributed by atoms with Crippen molar-refractivity contribution in [1.82, 2.24) is 0 Å². The fourth-order valence-corrected chi connectivity index (χ4v) is 8.57. The molecule has 0 heterocycles. The van der Waals surface area contributed by atoms with E-state index in [2.05, 4.69) is 227 Å². The lowest BCUT2D eigenvalue weighted by Crippen LogP contribution is -1.98. The Morgan fingerprint density at radius 2 is 1.22 bits per heavy atom. The summed E-state index contributed by atoms with van der Waals surface area (Å²) < 4.78 is 0. The Bertz CT molecular complexity index is 2900. The first-order chi connectivity index (χ1) is 31.6. The van der Waals surface area contributed by atoms with E-state index < -0.39 is 0 Å². The number of fused-ring (bicyclic) bond motifs is 9. The summed E-state index contributed by atoms with van der Waals surface area (Å²) in [5, 5.41) is 13.4. The molecule has 0 aliphatic heterocycles. The number of nitrogens with zero attached hydrogens (tertiary/aromatic N) is 1. The van der Waals surface area contributed by atoms with Crippen LogP contribution in [0.1, 0.15) is 117 Å². The van der Waals surface area contributed by atoms with E-state index in [9.17, 15) is 0 Å². The number of allylic oxidation sites excluding steroid dienone is 5. The van der Waals surface area contributed by atoms with Gasteiger partial charge in [0.25, 0.3) is 0 Å². The van der Waals surface area contributed by atoms with Crippen LogP contribution in [-0.2, 0) is 13.0 Å². The van der Waals surface area contributed by atoms with Crippen molar-refractivity contribution < 1.29 is 0 Å². The maximum Gasteiger partial charge on any atom is 0.0649 e. The second kappa shape index (κ2) is 24.9. The predicted octanol–water partition coefficient (Wildman–Crippen LogP) is 19.6. The van der Waals surface area contributed by atoms with Gasteiger partial charge in [0.1, 0.15) is 0 Å². The van der Waals surface area contributed by atoms with Crippen LogP contribution in [0.15, 0.2) is 175 Å². The first-order valence-corrected chi connectivity index (χ1v) is 24.5. The molecule has 9 rings (SSSR count). The maximum absolute atomic E-state index is 5.02. The molecule has 0 radical (unpaired) electrons. The average molecular weight is 858 g/mol. The summed E-state index contributed by atoms with van der Waals surface area (Å²) in [5.41, 5.74) is 10.2. The van der Waals surface area contributed by atoms with Gasteiger partial charge >= 0.3 is 0 Å². The summed E-state index contributed by atoms with van der Waals surface area (Å²) in [6.07, 6.45) is 14.3. The van der Waals surface area contributed by atoms with Crippen molar-refractivity contribution >= 4 is 59.6 Å². The van der Waals surface area contributed by atoms with Gasteiger partial charge in [-0.05, 0) is 127 Å². The topological polar surface area (TPSA) is 12.4 Å². The van der Waals surface area contributed by atoms with Crippen molar-refractivity contribution in [3.05, 3.63) is 192 Å². The van der Waals surface area contributed by atoms with Gasteiger partial charge in [0, 0.05) is 11.6 Å². The zero-order valence-electron chi connectivity index (χ0n) is 41.6. The normalized spacial score (nSPS) is 13.1. The van der Waals surface area contributed by atoms with Gasteiger partial charge in [-0.3, -0.25) is 4.99 Å². The van der Waals surface area contributed by atoms with Gasteiger partial charge in [-0.15, -0.1) is 0 Å². The molecule has 8 aromatic carbocycles. The highest BCUT2D eigenvalue weighted by Crippen LogP contribution is 2.45. The van der Waals surface area contributed by atoms with E-state index in [4.69, 9.17) is 4.99 Å². The van der Waals surface area contributed by atoms with Crippen LogP contribution in [0.4, 0.5) is 0 Å². The molecule has 1 aliphatic carbocycles. The molecule has 0 saturated carbocycles. The van der Waals surface area contributed by atoms with E-state index >= 15 is 0 Å². The summed E-state index contributed by atoms with van der Waals surface area (Å²) in [7, 11) is 0. The summed E-state index contributed by atoms with van der Waals surface area (Å²) >= 11 is 0. The number of aryl methyl sites for hydroxylation is 2. The van der Waals surface area contributed by atoms with Gasteiger partial charge in [-0.2, -0.15) is 0 Å². The standard InChI is InChI=1S/C45H37N.C9H12.C5H12.C3H8.C2H6/c1-4-13-39-38(37-24-23-33(34-18-10-11-20-36(34)37)28-46-30(3)31-15-6-5-7-16-31)26-27-42-44-35-19-9-8-17-32(35)22-25-41(44)40-21-12-14-29(2)43(40)45(39)42;1-8(2)9-6-4-3-5-7-9;1-4-5(2)3;1-3-2;1-2/h5-12,14-27H,4,13,28H2,1-3H3;3-6,9H,1,7H2,2H3;5H,4H2,1-3H3;3H2,1-2H3;1-2H3. The molecule has 1 unspecified atom stereocenters. The minimum absolute atomic E-state index is 0.593. The molecule has 1 aliphatic rings. The number of hydrogen-bond acceptors (Lipinski definition) is 1. The first-order valence-electron chi connectivity index (χ1n) is 24.5. The molecule has 1 heteroatoms. The molecule has 8 aromatic rings. The van der Waals surface area contributed by atoms with Gasteiger partial charge in [0.05, 0.1) is 6.54 Å². The fourth-order valence-electron chi connectivity index (χ4n) is 8.57. The smallest absolute Gasteiger partial charge is 0.0649 e. The number of hydrogen-bond donors (Lipinski definition) is 0. The highest BCUT2D eigenvalue weighted by atomic mass is 14.7. The van der Waals surface area contributed by atoms with E-state index in [1.165, 1.54) is 106 Å². The SMILES string of the molecule is C=C(C)C1C=CC=CC1.CC.CCC.CCC(C)C.CCCc1c(-c2ccc(CN=C(C)c3ccccc3)c3ccccc23)ccc2c1c1c(C)cccc1c1ccc3ccccc3c12. The second-order valence-corrected chi connectivity index (χ2v) is 17.6. The van der Waals surface area contributed by atoms with Crippen LogP contribution in [0, 0.1) is 18.8 Å². The van der Waals surface area contributed by atoms with Crippen molar-refractivity contribution in [3.8, 4) is 11.1 Å². The lowest BCUT2D eigenvalue weighted by atomic mass is 9.83. The molecule has 0 bridgehead atoms. The van der Waals surface area contributed by atoms with Crippen LogP contribution in [0.2, 0.25) is 0 Å². The van der Waals surface area contributed by atoms with E-state index in [0.717, 1.165) is 30.9 Å². The van der Waals surface area contributed by atoms with Crippen molar-refractivity contribution in [2.75, 3.05) is 0 Å². The van der Waals surface area contributed by atoms with Gasteiger partial charge in [0.15, 0.2) is 0 Å². The number of aliphatic imine (C=N–C) groups is 1. The third-order valence-corrected chi connectivity index (χ3v) is 12.2. The maximum atomic E-state index is 5.02. The summed E-state index contributed by atoms with van der Waals surface area (Å²) in [6, 6.07) is 49.1. The third-order valence-electron chi connectivity index (χ3n) is 12.2. The van der Waals surface area contributed by atoms with Crippen LogP contribution in [0.5, 0.6) is 0 Å². The van der Waals surface area contributed by atoms with Crippen molar-refractivity contribution in [1.29, 1.82) is 0 Å². The lowest BCUT2D eigenvalue weighted by Gasteiger charge is -2.21. The van der Waals surface area contributed by atoms with E-state index in [1.807, 2.05) is 13.8 Å². The van der Waals surface area contributed by atoms with Gasteiger partial charge in [-0.1, -0.05) is 245 Å². The summed E-state index contributed by atoms with van der Waals surface area (Å²) in [5.74, 6) is 1.48. The van der Waals surface area contributed by atoms with Gasteiger partial charge in [-0.25, -0.2) is 0 Å². The van der Waals surface area contributed by atoms with Gasteiger partial charge < -0.3 is 0 Å². The van der Waals surface area contributed by atoms with E-state index in [1.54, 1.807) is 0 Å². The van der Waals surface area contributed by atoms with Crippen molar-refractivity contribution in [2.45, 2.75) is 115 Å². The molecular weight excluding hydrogens is 783 g/mol. The minimum atomic E-state index is 0.593. The Morgan fingerprint density at radius 3 is 1.85 bits per heavy atom. The average Bonchev–Trinajstić information content (AvgIpc) is 3.35. The molecule has 0 N–H and O–H groups in total. The molecule has 1 nitrogen and oxygen atoms in total. The second-order valence-electron chi connectivity index (χ2n) is 17.6. The number of benzene rings is 8. The number of rotatable bonds is 8. The Balaban J connectivity index is 0.000000352. The van der Waals surface area contributed by atoms with E-state index in [0.29, 0.717) is 12.5 Å². The van der Waals surface area contributed by atoms with Crippen LogP contribution in [-0.4, -0.2) is 5.71 Å². The summed E-state index contributed by atoms with van der Waals surface area (Å²) in [4.78, 5) is 5.02. The molecule has 65 heavy (non-hydrogen) atoms. The zero-order chi connectivity index (χ0) is 46.9. The van der Waals surface area contributed by atoms with Crippen LogP contribution in [0.3, 0.4) is 0 Å². The lowest BCUT2D eigenvalue weighted by molar-refractivity contribution is 0.626. The predicted molar refractivity (Wildman–Crippen MR) is 294 cm³/mol. The first kappa shape index (κ1) is 50.0. The summed E-state index contributed by atoms with van der Waals surface area (Å²) in [6.45, 7) is 28.2. The van der Waals surface area contributed by atoms with Crippen LogP contribution in [0.25, 0.3) is 65.0 Å². The molecule has 0 fully saturated rings. The molecule has 0 spiro atoms. The highest BCUT2D eigenvalue weighted by Gasteiger charge is 2.19. The van der Waals surface area contributed by atoms with Gasteiger partial charge in [0.2, 0.25) is 0 Å². The fraction of sp³-hybridized carbons (Fsp3) is 0.297. The molecular formula is C64H75N. The van der Waals surface area contributed by atoms with Crippen molar-refractivity contribution in [2.24, 2.45) is 16.8 Å².